The molecule has 25 heavy (non-hydrogen) atoms. The van der Waals surface area contributed by atoms with E-state index in [0.29, 0.717) is 17.4 Å². The number of fused-ring (bicyclic) bond motifs is 1. The van der Waals surface area contributed by atoms with Gasteiger partial charge in [0, 0.05) is 16.1 Å². The van der Waals surface area contributed by atoms with Crippen LogP contribution in [-0.4, -0.2) is 16.0 Å². The van der Waals surface area contributed by atoms with Crippen LogP contribution in [-0.2, 0) is 5.41 Å². The van der Waals surface area contributed by atoms with Crippen LogP contribution in [0.25, 0.3) is 0 Å². The molecule has 0 saturated heterocycles. The van der Waals surface area contributed by atoms with Crippen molar-refractivity contribution in [3.8, 4) is 11.5 Å². The molecule has 0 aromatic heterocycles. The summed E-state index contributed by atoms with van der Waals surface area (Å²) in [5.74, 6) is 2.10. The zero-order chi connectivity index (χ0) is 17.9. The third-order valence-corrected chi connectivity index (χ3v) is 6.95. The fourth-order valence-corrected chi connectivity index (χ4v) is 5.39. The van der Waals surface area contributed by atoms with Crippen LogP contribution in [0.2, 0.25) is 0 Å². The number of phenolic OH excluding ortho intramolecular Hbond substituents is 2. The smallest absolute Gasteiger partial charge is 0.116 e. The molecule has 0 radical (unpaired) electrons. The minimum Gasteiger partial charge on any atom is -0.508 e. The first-order valence-electron chi connectivity index (χ1n) is 9.30. The van der Waals surface area contributed by atoms with Gasteiger partial charge in [-0.1, -0.05) is 57.7 Å². The lowest BCUT2D eigenvalue weighted by molar-refractivity contribution is 0.371. The topological polar surface area (TPSA) is 40.5 Å². The van der Waals surface area contributed by atoms with Crippen LogP contribution in [0.1, 0.15) is 63.0 Å². The number of rotatable bonds is 6. The summed E-state index contributed by atoms with van der Waals surface area (Å²) in [6.45, 7) is 4.60. The molecule has 134 valence electrons. The first-order chi connectivity index (χ1) is 12.0. The molecule has 0 aliphatic carbocycles. The highest BCUT2D eigenvalue weighted by Gasteiger charge is 2.41. The van der Waals surface area contributed by atoms with Crippen molar-refractivity contribution >= 4 is 11.8 Å². The molecule has 0 bridgehead atoms. The summed E-state index contributed by atoms with van der Waals surface area (Å²) >= 11 is 1.83. The predicted molar refractivity (Wildman–Crippen MR) is 106 cm³/mol. The van der Waals surface area contributed by atoms with E-state index in [0.717, 1.165) is 12.2 Å². The van der Waals surface area contributed by atoms with Gasteiger partial charge in [0.1, 0.15) is 11.5 Å². The van der Waals surface area contributed by atoms with Gasteiger partial charge in [0.2, 0.25) is 0 Å². The molecule has 2 N–H and O–H groups in total. The van der Waals surface area contributed by atoms with Gasteiger partial charge in [-0.25, -0.2) is 0 Å². The number of hydrogen-bond acceptors (Lipinski definition) is 3. The second-order valence-corrected chi connectivity index (χ2v) is 8.39. The summed E-state index contributed by atoms with van der Waals surface area (Å²) in [4.78, 5) is 1.22. The normalized spacial score (nSPS) is 22.6. The minimum atomic E-state index is 0.0363. The van der Waals surface area contributed by atoms with Gasteiger partial charge in [-0.05, 0) is 47.7 Å². The highest BCUT2D eigenvalue weighted by molar-refractivity contribution is 7.99. The summed E-state index contributed by atoms with van der Waals surface area (Å²) < 4.78 is 0. The van der Waals surface area contributed by atoms with E-state index in [4.69, 9.17) is 0 Å². The van der Waals surface area contributed by atoms with E-state index in [1.807, 2.05) is 23.9 Å². The Morgan fingerprint density at radius 2 is 1.72 bits per heavy atom. The molecule has 2 atom stereocenters. The lowest BCUT2D eigenvalue weighted by Gasteiger charge is -2.43. The maximum Gasteiger partial charge on any atom is 0.116 e. The number of thioether (sulfide) groups is 1. The van der Waals surface area contributed by atoms with Crippen LogP contribution in [0, 0.1) is 0 Å². The Hall–Kier alpha value is -1.61. The average molecular weight is 357 g/mol. The summed E-state index contributed by atoms with van der Waals surface area (Å²) in [6, 6.07) is 13.6. The number of unbranched alkanes of at least 4 members (excludes halogenated alkanes) is 3. The van der Waals surface area contributed by atoms with Gasteiger partial charge in [-0.2, -0.15) is 0 Å². The second kappa shape index (κ2) is 7.74. The maximum absolute atomic E-state index is 9.86. The molecule has 0 amide bonds. The molecular weight excluding hydrogens is 328 g/mol. The van der Waals surface area contributed by atoms with Crippen molar-refractivity contribution in [1.82, 2.24) is 0 Å². The van der Waals surface area contributed by atoms with Crippen LogP contribution < -0.4 is 0 Å². The Kier molecular flexibility index (Phi) is 5.63. The standard InChI is InChI=1S/C22H28O2S/c1-3-4-5-6-7-20-19-13-12-18(24)14-21(19)25-15-22(20,2)16-8-10-17(23)11-9-16/h8-14,20,23-24H,3-7,15H2,1-2H3/t20-,22-/m1/s1. The van der Waals surface area contributed by atoms with Crippen LogP contribution >= 0.6 is 11.8 Å². The van der Waals surface area contributed by atoms with Crippen molar-refractivity contribution in [3.63, 3.8) is 0 Å². The first-order valence-corrected chi connectivity index (χ1v) is 10.3. The Morgan fingerprint density at radius 1 is 1.00 bits per heavy atom. The van der Waals surface area contributed by atoms with Crippen molar-refractivity contribution < 1.29 is 10.2 Å². The number of aromatic hydroxyl groups is 2. The van der Waals surface area contributed by atoms with E-state index in [1.54, 1.807) is 12.1 Å². The van der Waals surface area contributed by atoms with Gasteiger partial charge in [0.05, 0.1) is 0 Å². The molecule has 2 aromatic rings. The summed E-state index contributed by atoms with van der Waals surface area (Å²) in [6.07, 6.45) is 6.21. The SMILES string of the molecule is CCCCCC[C@@H]1c2ccc(O)cc2SC[C@]1(C)c1ccc(O)cc1. The number of phenols is 2. The third-order valence-electron chi connectivity index (χ3n) is 5.54. The number of benzene rings is 2. The predicted octanol–water partition coefficient (Wildman–Crippen LogP) is 6.22. The first kappa shape index (κ1) is 18.2. The zero-order valence-electron chi connectivity index (χ0n) is 15.2. The molecule has 0 unspecified atom stereocenters. The van der Waals surface area contributed by atoms with E-state index < -0.39 is 0 Å². The molecule has 2 aromatic carbocycles. The Bertz CT molecular complexity index is 710. The number of hydrogen-bond donors (Lipinski definition) is 2. The van der Waals surface area contributed by atoms with Crippen LogP contribution in [0.4, 0.5) is 0 Å². The second-order valence-electron chi connectivity index (χ2n) is 7.38. The summed E-state index contributed by atoms with van der Waals surface area (Å²) in [5, 5.41) is 19.5. The van der Waals surface area contributed by atoms with E-state index in [1.165, 1.54) is 41.7 Å². The van der Waals surface area contributed by atoms with Gasteiger partial charge in [-0.3, -0.25) is 0 Å². The lowest BCUT2D eigenvalue weighted by Crippen LogP contribution is -2.36. The van der Waals surface area contributed by atoms with Gasteiger partial charge >= 0.3 is 0 Å². The molecule has 3 rings (SSSR count). The zero-order valence-corrected chi connectivity index (χ0v) is 16.0. The van der Waals surface area contributed by atoms with E-state index in [2.05, 4.69) is 32.0 Å². The van der Waals surface area contributed by atoms with Gasteiger partial charge in [0.15, 0.2) is 0 Å². The third kappa shape index (κ3) is 3.82. The monoisotopic (exact) mass is 356 g/mol. The van der Waals surface area contributed by atoms with Crippen molar-refractivity contribution in [1.29, 1.82) is 0 Å². The van der Waals surface area contributed by atoms with Crippen molar-refractivity contribution in [2.75, 3.05) is 5.75 Å². The molecule has 1 aliphatic heterocycles. The Morgan fingerprint density at radius 3 is 2.44 bits per heavy atom. The van der Waals surface area contributed by atoms with Gasteiger partial charge < -0.3 is 10.2 Å². The van der Waals surface area contributed by atoms with Crippen LogP contribution in [0.3, 0.4) is 0 Å². The molecule has 2 nitrogen and oxygen atoms in total. The highest BCUT2D eigenvalue weighted by atomic mass is 32.2. The molecule has 0 spiro atoms. The Labute approximate surface area is 155 Å². The molecule has 0 fully saturated rings. The largest absolute Gasteiger partial charge is 0.508 e. The van der Waals surface area contributed by atoms with E-state index >= 15 is 0 Å². The molecule has 1 heterocycles. The maximum atomic E-state index is 9.86. The van der Waals surface area contributed by atoms with Gasteiger partial charge in [-0.15, -0.1) is 11.8 Å². The average Bonchev–Trinajstić information content (AvgIpc) is 2.61. The molecule has 3 heteroatoms. The fourth-order valence-electron chi connectivity index (χ4n) is 3.98. The van der Waals surface area contributed by atoms with Crippen molar-refractivity contribution in [2.24, 2.45) is 0 Å². The highest BCUT2D eigenvalue weighted by Crippen LogP contribution is 2.52. The van der Waals surface area contributed by atoms with Gasteiger partial charge in [0.25, 0.3) is 0 Å². The summed E-state index contributed by atoms with van der Waals surface area (Å²) in [7, 11) is 0. The van der Waals surface area contributed by atoms with E-state index in [-0.39, 0.29) is 5.41 Å². The molecule has 1 aliphatic rings. The summed E-state index contributed by atoms with van der Waals surface area (Å²) in [5.41, 5.74) is 2.69. The fraction of sp³-hybridized carbons (Fsp3) is 0.455. The van der Waals surface area contributed by atoms with E-state index in [9.17, 15) is 10.2 Å². The van der Waals surface area contributed by atoms with Crippen molar-refractivity contribution in [2.45, 2.75) is 62.2 Å². The Balaban J connectivity index is 1.95. The minimum absolute atomic E-state index is 0.0363. The quantitative estimate of drug-likeness (QED) is 0.604. The molecular formula is C22H28O2S. The van der Waals surface area contributed by atoms with Crippen molar-refractivity contribution in [3.05, 3.63) is 53.6 Å². The lowest BCUT2D eigenvalue weighted by atomic mass is 9.68. The molecule has 0 saturated carbocycles. The van der Waals surface area contributed by atoms with Crippen LogP contribution in [0.15, 0.2) is 47.4 Å². The van der Waals surface area contributed by atoms with Crippen LogP contribution in [0.5, 0.6) is 11.5 Å².